The molecule has 1 spiro atoms. The Bertz CT molecular complexity index is 1210. The number of pyridine rings is 1. The first kappa shape index (κ1) is 17.8. The van der Waals surface area contributed by atoms with Gasteiger partial charge in [0.2, 0.25) is 0 Å². The monoisotopic (exact) mass is 398 g/mol. The standard InChI is InChI=1S/C23H18N4OS/c1-15-5-8-17(9-6-15)27-22(29)26(21(28)23(27)11-3-12-23)19-10-7-16(14-24)20-18(19)4-2-13-25-20/h2,4-10,13H,3,11-12H2,1H3. The molecule has 1 saturated carbocycles. The van der Waals surface area contributed by atoms with Gasteiger partial charge in [0.15, 0.2) is 5.11 Å². The van der Waals surface area contributed by atoms with Crippen molar-refractivity contribution in [1.29, 1.82) is 5.26 Å². The zero-order valence-electron chi connectivity index (χ0n) is 15.9. The van der Waals surface area contributed by atoms with E-state index in [1.54, 1.807) is 23.2 Å². The molecule has 29 heavy (non-hydrogen) atoms. The highest BCUT2D eigenvalue weighted by atomic mass is 32.1. The number of nitriles is 1. The summed E-state index contributed by atoms with van der Waals surface area (Å²) in [6.45, 7) is 2.04. The number of aromatic nitrogens is 1. The Morgan fingerprint density at radius 1 is 1.14 bits per heavy atom. The maximum atomic E-state index is 13.7. The molecule has 5 nitrogen and oxygen atoms in total. The number of hydrogen-bond acceptors (Lipinski definition) is 4. The number of nitrogens with zero attached hydrogens (tertiary/aromatic N) is 4. The third kappa shape index (κ3) is 2.41. The van der Waals surface area contributed by atoms with E-state index in [4.69, 9.17) is 12.2 Å². The van der Waals surface area contributed by atoms with Crippen molar-refractivity contribution in [2.45, 2.75) is 31.7 Å². The molecule has 2 fully saturated rings. The lowest BCUT2D eigenvalue weighted by Crippen LogP contribution is -2.55. The van der Waals surface area contributed by atoms with Crippen LogP contribution in [0.5, 0.6) is 0 Å². The summed E-state index contributed by atoms with van der Waals surface area (Å²) >= 11 is 5.85. The second kappa shape index (κ2) is 6.36. The van der Waals surface area contributed by atoms with Crippen molar-refractivity contribution in [3.05, 3.63) is 65.9 Å². The lowest BCUT2D eigenvalue weighted by molar-refractivity contribution is -0.123. The summed E-state index contributed by atoms with van der Waals surface area (Å²) in [6, 6.07) is 17.5. The molecule has 0 atom stereocenters. The predicted molar refractivity (Wildman–Crippen MR) is 117 cm³/mol. The number of rotatable bonds is 2. The van der Waals surface area contributed by atoms with Crippen LogP contribution >= 0.6 is 12.2 Å². The number of anilines is 2. The molecule has 3 aromatic rings. The molecule has 2 aliphatic rings. The van der Waals surface area contributed by atoms with Crippen molar-refractivity contribution < 1.29 is 4.79 Å². The van der Waals surface area contributed by atoms with Gasteiger partial charge in [-0.25, -0.2) is 0 Å². The SMILES string of the molecule is Cc1ccc(N2C(=S)N(c3ccc(C#N)c4ncccc34)C(=O)C23CCC3)cc1. The smallest absolute Gasteiger partial charge is 0.259 e. The van der Waals surface area contributed by atoms with Gasteiger partial charge in [0.25, 0.3) is 5.91 Å². The molecule has 2 aromatic carbocycles. The highest BCUT2D eigenvalue weighted by molar-refractivity contribution is 7.81. The Morgan fingerprint density at radius 3 is 2.55 bits per heavy atom. The predicted octanol–water partition coefficient (Wildman–Crippen LogP) is 4.48. The van der Waals surface area contributed by atoms with Crippen molar-refractivity contribution in [3.63, 3.8) is 0 Å². The number of thiocarbonyl (C=S) groups is 1. The molecule has 0 unspecified atom stereocenters. The minimum absolute atomic E-state index is 0.00388. The van der Waals surface area contributed by atoms with Crippen LogP contribution in [0.1, 0.15) is 30.4 Å². The maximum Gasteiger partial charge on any atom is 0.259 e. The Kier molecular flexibility index (Phi) is 3.90. The van der Waals surface area contributed by atoms with E-state index in [0.29, 0.717) is 21.9 Å². The van der Waals surface area contributed by atoms with Crippen LogP contribution in [0.3, 0.4) is 0 Å². The molecule has 5 rings (SSSR count). The van der Waals surface area contributed by atoms with Gasteiger partial charge in [0.05, 0.1) is 16.8 Å². The summed E-state index contributed by atoms with van der Waals surface area (Å²) in [5.41, 5.74) is 3.23. The largest absolute Gasteiger partial charge is 0.303 e. The van der Waals surface area contributed by atoms with Crippen LogP contribution in [-0.4, -0.2) is 21.5 Å². The van der Waals surface area contributed by atoms with Crippen LogP contribution in [0, 0.1) is 18.3 Å². The maximum absolute atomic E-state index is 13.7. The van der Waals surface area contributed by atoms with E-state index >= 15 is 0 Å². The van der Waals surface area contributed by atoms with Gasteiger partial charge in [-0.3, -0.25) is 14.7 Å². The number of aryl methyl sites for hydroxylation is 1. The van der Waals surface area contributed by atoms with E-state index in [1.165, 1.54) is 0 Å². The van der Waals surface area contributed by atoms with Gasteiger partial charge in [-0.2, -0.15) is 5.26 Å². The van der Waals surface area contributed by atoms with E-state index in [0.717, 1.165) is 35.9 Å². The Labute approximate surface area is 174 Å². The molecule has 0 N–H and O–H groups in total. The first-order chi connectivity index (χ1) is 14.1. The van der Waals surface area contributed by atoms with Gasteiger partial charge in [0.1, 0.15) is 11.6 Å². The third-order valence-electron chi connectivity index (χ3n) is 5.99. The Balaban J connectivity index is 1.69. The summed E-state index contributed by atoms with van der Waals surface area (Å²) in [7, 11) is 0. The number of benzene rings is 2. The fourth-order valence-corrected chi connectivity index (χ4v) is 4.79. The van der Waals surface area contributed by atoms with Crippen molar-refractivity contribution in [3.8, 4) is 6.07 Å². The first-order valence-electron chi connectivity index (χ1n) is 9.60. The average molecular weight is 398 g/mol. The molecule has 6 heteroatoms. The summed E-state index contributed by atoms with van der Waals surface area (Å²) in [4.78, 5) is 21.7. The molecule has 0 bridgehead atoms. The van der Waals surface area contributed by atoms with E-state index in [2.05, 4.69) is 11.1 Å². The molecule has 0 radical (unpaired) electrons. The van der Waals surface area contributed by atoms with E-state index in [-0.39, 0.29) is 5.91 Å². The van der Waals surface area contributed by atoms with Gasteiger partial charge in [-0.15, -0.1) is 0 Å². The van der Waals surface area contributed by atoms with Crippen molar-refractivity contribution >= 4 is 45.5 Å². The van der Waals surface area contributed by atoms with Gasteiger partial charge in [0, 0.05) is 17.3 Å². The lowest BCUT2D eigenvalue weighted by atomic mass is 9.75. The molecule has 1 saturated heterocycles. The normalized spacial score (nSPS) is 17.7. The average Bonchev–Trinajstić information content (AvgIpc) is 2.95. The number of fused-ring (bicyclic) bond motifs is 1. The van der Waals surface area contributed by atoms with Crippen LogP contribution in [0.2, 0.25) is 0 Å². The zero-order chi connectivity index (χ0) is 20.2. The second-order valence-electron chi connectivity index (χ2n) is 7.62. The van der Waals surface area contributed by atoms with Crippen molar-refractivity contribution in [2.75, 3.05) is 9.80 Å². The highest BCUT2D eigenvalue weighted by Crippen LogP contribution is 2.48. The van der Waals surface area contributed by atoms with Gasteiger partial charge in [-0.05, 0) is 74.8 Å². The number of carbonyl (C=O) groups excluding carboxylic acids is 1. The van der Waals surface area contributed by atoms with E-state index in [9.17, 15) is 10.1 Å². The zero-order valence-corrected chi connectivity index (χ0v) is 16.7. The third-order valence-corrected chi connectivity index (χ3v) is 6.36. The van der Waals surface area contributed by atoms with Crippen LogP contribution in [0.15, 0.2) is 54.7 Å². The lowest BCUT2D eigenvalue weighted by Gasteiger charge is -2.43. The molecule has 142 valence electrons. The summed E-state index contributed by atoms with van der Waals surface area (Å²) in [5, 5.41) is 10.7. The van der Waals surface area contributed by atoms with Gasteiger partial charge in [-0.1, -0.05) is 17.7 Å². The quantitative estimate of drug-likeness (QED) is 0.596. The van der Waals surface area contributed by atoms with Gasteiger partial charge >= 0.3 is 0 Å². The fraction of sp³-hybridized carbons (Fsp3) is 0.217. The van der Waals surface area contributed by atoms with Crippen LogP contribution < -0.4 is 9.80 Å². The highest BCUT2D eigenvalue weighted by Gasteiger charge is 2.59. The van der Waals surface area contributed by atoms with Crippen LogP contribution in [0.25, 0.3) is 10.9 Å². The summed E-state index contributed by atoms with van der Waals surface area (Å²) < 4.78 is 0. The topological polar surface area (TPSA) is 60.2 Å². The van der Waals surface area contributed by atoms with Crippen molar-refractivity contribution in [1.82, 2.24) is 4.98 Å². The number of hydrogen-bond donors (Lipinski definition) is 0. The second-order valence-corrected chi connectivity index (χ2v) is 7.99. The van der Waals surface area contributed by atoms with Crippen LogP contribution in [0.4, 0.5) is 11.4 Å². The molecule has 2 heterocycles. The molecular formula is C23H18N4OS. The number of carbonyl (C=O) groups is 1. The van der Waals surface area contributed by atoms with Gasteiger partial charge < -0.3 is 4.90 Å². The van der Waals surface area contributed by atoms with E-state index < -0.39 is 5.54 Å². The van der Waals surface area contributed by atoms with Crippen molar-refractivity contribution in [2.24, 2.45) is 0 Å². The summed E-state index contributed by atoms with van der Waals surface area (Å²) in [6.07, 6.45) is 4.22. The minimum atomic E-state index is -0.616. The minimum Gasteiger partial charge on any atom is -0.303 e. The summed E-state index contributed by atoms with van der Waals surface area (Å²) in [5.74, 6) is 0.00388. The fourth-order valence-electron chi connectivity index (χ4n) is 4.33. The number of amides is 1. The molecular weight excluding hydrogens is 380 g/mol. The Morgan fingerprint density at radius 2 is 1.90 bits per heavy atom. The molecule has 1 aliphatic heterocycles. The molecule has 1 amide bonds. The molecule has 1 aromatic heterocycles. The molecule has 1 aliphatic carbocycles. The van der Waals surface area contributed by atoms with Crippen LogP contribution in [-0.2, 0) is 4.79 Å². The Hall–Kier alpha value is -3.30. The van der Waals surface area contributed by atoms with E-state index in [1.807, 2.05) is 48.2 Å². The first-order valence-corrected chi connectivity index (χ1v) is 10.0.